The van der Waals surface area contributed by atoms with E-state index < -0.39 is 23.9 Å². The summed E-state index contributed by atoms with van der Waals surface area (Å²) in [4.78, 5) is 34.8. The number of carbonyl (C=O) groups excluding carboxylic acids is 3. The van der Waals surface area contributed by atoms with E-state index >= 15 is 0 Å². The third kappa shape index (κ3) is 20.7. The van der Waals surface area contributed by atoms with Crippen molar-refractivity contribution in [3.8, 4) is 0 Å². The molecule has 33 heavy (non-hydrogen) atoms. The van der Waals surface area contributed by atoms with Crippen LogP contribution in [0, 0.1) is 0 Å². The molecule has 0 aromatic carbocycles. The molecule has 0 radical (unpaired) electrons. The van der Waals surface area contributed by atoms with Crippen LogP contribution in [0.2, 0.25) is 0 Å². The van der Waals surface area contributed by atoms with Crippen LogP contribution >= 0.6 is 0 Å². The van der Waals surface area contributed by atoms with Gasteiger partial charge in [0.05, 0.1) is 12.6 Å². The van der Waals surface area contributed by atoms with Crippen molar-refractivity contribution in [2.45, 2.75) is 142 Å². The van der Waals surface area contributed by atoms with Gasteiger partial charge < -0.3 is 21.5 Å². The Morgan fingerprint density at radius 2 is 1.18 bits per heavy atom. The molecule has 0 aliphatic heterocycles. The lowest BCUT2D eigenvalue weighted by Crippen LogP contribution is -2.49. The number of hydrogen-bond acceptors (Lipinski definition) is 5. The third-order valence-electron chi connectivity index (χ3n) is 5.97. The molecular formula is C26H51N3O4. The van der Waals surface area contributed by atoms with Crippen LogP contribution in [-0.2, 0) is 19.1 Å². The maximum Gasteiger partial charge on any atom is 0.305 e. The standard InChI is InChI=1S/C26H51N3O4/c1-3-4-5-6-7-8-9-10-11-12-13-14-15-16-17-18-21-33-24(30)20-19-23(25(28)31)29-26(32)22(2)27/h22-23H,3-21,27H2,1-2H3,(H2,28,31)(H,29,32)/t22-,23+/m0/s1. The minimum absolute atomic E-state index is 0.0334. The highest BCUT2D eigenvalue weighted by Crippen LogP contribution is 2.13. The van der Waals surface area contributed by atoms with Crippen molar-refractivity contribution in [3.63, 3.8) is 0 Å². The summed E-state index contributed by atoms with van der Waals surface area (Å²) in [5.41, 5.74) is 10.7. The SMILES string of the molecule is CCCCCCCCCCCCCCCCCCOC(=O)CC[C@@H](NC(=O)[C@H](C)N)C(N)=O. The molecule has 0 saturated carbocycles. The molecule has 0 saturated heterocycles. The predicted octanol–water partition coefficient (Wildman–Crippen LogP) is 4.89. The molecule has 0 rings (SSSR count). The zero-order valence-electron chi connectivity index (χ0n) is 21.4. The highest BCUT2D eigenvalue weighted by molar-refractivity contribution is 5.89. The molecule has 2 amide bonds. The first kappa shape index (κ1) is 31.4. The van der Waals surface area contributed by atoms with Crippen LogP contribution in [0.4, 0.5) is 0 Å². The molecule has 0 bridgehead atoms. The van der Waals surface area contributed by atoms with E-state index in [1.54, 1.807) is 0 Å². The van der Waals surface area contributed by atoms with Crippen LogP contribution in [0.25, 0.3) is 0 Å². The van der Waals surface area contributed by atoms with Crippen molar-refractivity contribution in [3.05, 3.63) is 0 Å². The van der Waals surface area contributed by atoms with E-state index in [4.69, 9.17) is 16.2 Å². The topological polar surface area (TPSA) is 125 Å². The van der Waals surface area contributed by atoms with Gasteiger partial charge in [-0.15, -0.1) is 0 Å². The normalized spacial score (nSPS) is 12.8. The van der Waals surface area contributed by atoms with Gasteiger partial charge in [0.2, 0.25) is 11.8 Å². The number of amides is 2. The molecule has 0 aliphatic carbocycles. The molecule has 194 valence electrons. The number of ether oxygens (including phenoxy) is 1. The van der Waals surface area contributed by atoms with Crippen molar-refractivity contribution in [1.82, 2.24) is 5.32 Å². The summed E-state index contributed by atoms with van der Waals surface area (Å²) in [7, 11) is 0. The second-order valence-corrected chi connectivity index (χ2v) is 9.31. The molecule has 7 nitrogen and oxygen atoms in total. The van der Waals surface area contributed by atoms with Crippen LogP contribution in [0.3, 0.4) is 0 Å². The van der Waals surface area contributed by atoms with Crippen molar-refractivity contribution >= 4 is 17.8 Å². The average molecular weight is 470 g/mol. The summed E-state index contributed by atoms with van der Waals surface area (Å²) in [6.45, 7) is 4.17. The van der Waals surface area contributed by atoms with Gasteiger partial charge in [0.1, 0.15) is 6.04 Å². The molecule has 0 heterocycles. The van der Waals surface area contributed by atoms with Gasteiger partial charge in [-0.25, -0.2) is 0 Å². The average Bonchev–Trinajstić information content (AvgIpc) is 2.78. The lowest BCUT2D eigenvalue weighted by atomic mass is 10.0. The maximum atomic E-state index is 11.8. The molecule has 0 aromatic rings. The van der Waals surface area contributed by atoms with Crippen LogP contribution in [-0.4, -0.2) is 36.5 Å². The highest BCUT2D eigenvalue weighted by atomic mass is 16.5. The quantitative estimate of drug-likeness (QED) is 0.145. The summed E-state index contributed by atoms with van der Waals surface area (Å²) < 4.78 is 5.22. The number of rotatable bonds is 23. The smallest absolute Gasteiger partial charge is 0.305 e. The van der Waals surface area contributed by atoms with Gasteiger partial charge in [-0.05, 0) is 19.8 Å². The zero-order chi connectivity index (χ0) is 24.7. The van der Waals surface area contributed by atoms with Crippen molar-refractivity contribution in [2.75, 3.05) is 6.61 Å². The van der Waals surface area contributed by atoms with Crippen molar-refractivity contribution in [1.29, 1.82) is 0 Å². The summed E-state index contributed by atoms with van der Waals surface area (Å²) in [6.07, 6.45) is 20.9. The second kappa shape index (κ2) is 22.2. The van der Waals surface area contributed by atoms with Gasteiger partial charge in [-0.2, -0.15) is 0 Å². The fourth-order valence-corrected chi connectivity index (χ4v) is 3.76. The monoisotopic (exact) mass is 469 g/mol. The Bertz CT molecular complexity index is 512. The van der Waals surface area contributed by atoms with Gasteiger partial charge in [0.25, 0.3) is 0 Å². The maximum absolute atomic E-state index is 11.8. The highest BCUT2D eigenvalue weighted by Gasteiger charge is 2.21. The number of nitrogens with two attached hydrogens (primary N) is 2. The van der Waals surface area contributed by atoms with Gasteiger partial charge in [-0.3, -0.25) is 14.4 Å². The van der Waals surface area contributed by atoms with E-state index in [0.29, 0.717) is 6.61 Å². The first-order valence-electron chi connectivity index (χ1n) is 13.4. The molecule has 0 unspecified atom stereocenters. The van der Waals surface area contributed by atoms with E-state index in [0.717, 1.165) is 12.8 Å². The minimum atomic E-state index is -0.911. The fraction of sp³-hybridized carbons (Fsp3) is 0.885. The first-order chi connectivity index (χ1) is 15.9. The second-order valence-electron chi connectivity index (χ2n) is 9.31. The van der Waals surface area contributed by atoms with Crippen molar-refractivity contribution in [2.24, 2.45) is 11.5 Å². The number of unbranched alkanes of at least 4 members (excludes halogenated alkanes) is 15. The van der Waals surface area contributed by atoms with Crippen LogP contribution in [0.5, 0.6) is 0 Å². The Morgan fingerprint density at radius 3 is 1.58 bits per heavy atom. The lowest BCUT2D eigenvalue weighted by molar-refractivity contribution is -0.144. The molecule has 5 N–H and O–H groups in total. The Kier molecular flexibility index (Phi) is 21.1. The van der Waals surface area contributed by atoms with E-state index in [2.05, 4.69) is 12.2 Å². The van der Waals surface area contributed by atoms with Gasteiger partial charge in [-0.1, -0.05) is 103 Å². The summed E-state index contributed by atoms with van der Waals surface area (Å²) in [6, 6.07) is -1.65. The predicted molar refractivity (Wildman–Crippen MR) is 135 cm³/mol. The largest absolute Gasteiger partial charge is 0.466 e. The lowest BCUT2D eigenvalue weighted by Gasteiger charge is -2.16. The summed E-state index contributed by atoms with van der Waals surface area (Å²) in [5, 5.41) is 2.45. The minimum Gasteiger partial charge on any atom is -0.466 e. The zero-order valence-corrected chi connectivity index (χ0v) is 21.4. The molecule has 0 fully saturated rings. The number of nitrogens with one attached hydrogen (secondary N) is 1. The summed E-state index contributed by atoms with van der Waals surface area (Å²) >= 11 is 0. The number of carbonyl (C=O) groups is 3. The molecule has 0 aliphatic rings. The fourth-order valence-electron chi connectivity index (χ4n) is 3.76. The number of esters is 1. The Morgan fingerprint density at radius 1 is 0.758 bits per heavy atom. The van der Waals surface area contributed by atoms with Gasteiger partial charge >= 0.3 is 5.97 Å². The van der Waals surface area contributed by atoms with E-state index in [9.17, 15) is 14.4 Å². The van der Waals surface area contributed by atoms with E-state index in [1.165, 1.54) is 96.8 Å². The Balaban J connectivity index is 3.48. The molecule has 7 heteroatoms. The van der Waals surface area contributed by atoms with Crippen LogP contribution in [0.1, 0.15) is 129 Å². The molecular weight excluding hydrogens is 418 g/mol. The van der Waals surface area contributed by atoms with Crippen LogP contribution in [0.15, 0.2) is 0 Å². The number of primary amides is 1. The Labute approximate surface area is 202 Å². The first-order valence-corrected chi connectivity index (χ1v) is 13.4. The number of hydrogen-bond donors (Lipinski definition) is 3. The summed E-state index contributed by atoms with van der Waals surface area (Å²) in [5.74, 6) is -1.54. The third-order valence-corrected chi connectivity index (χ3v) is 5.97. The van der Waals surface area contributed by atoms with Gasteiger partial charge in [0, 0.05) is 6.42 Å². The van der Waals surface area contributed by atoms with Crippen molar-refractivity contribution < 1.29 is 19.1 Å². The molecule has 0 spiro atoms. The van der Waals surface area contributed by atoms with Crippen LogP contribution < -0.4 is 16.8 Å². The van der Waals surface area contributed by atoms with E-state index in [1.807, 2.05) is 0 Å². The Hall–Kier alpha value is -1.63. The molecule has 0 aromatic heterocycles. The van der Waals surface area contributed by atoms with Gasteiger partial charge in [0.15, 0.2) is 0 Å². The van der Waals surface area contributed by atoms with E-state index in [-0.39, 0.29) is 18.8 Å². The molecule has 2 atom stereocenters.